The Labute approximate surface area is 177 Å². The molecule has 6 heteroatoms. The van der Waals surface area contributed by atoms with Crippen LogP contribution in [0.5, 0.6) is 0 Å². The molecule has 3 fully saturated rings. The topological polar surface area (TPSA) is 59.8 Å². The fraction of sp³-hybridized carbons (Fsp3) is 0.609. The molecule has 2 bridgehead atoms. The van der Waals surface area contributed by atoms with Crippen LogP contribution >= 0.6 is 11.8 Å². The third-order valence-electron chi connectivity index (χ3n) is 8.08. The van der Waals surface area contributed by atoms with Gasteiger partial charge in [-0.05, 0) is 61.0 Å². The van der Waals surface area contributed by atoms with Gasteiger partial charge in [-0.15, -0.1) is 10.2 Å². The van der Waals surface area contributed by atoms with Crippen molar-refractivity contribution in [3.63, 3.8) is 0 Å². The van der Waals surface area contributed by atoms with Crippen LogP contribution in [0, 0.1) is 16.7 Å². The van der Waals surface area contributed by atoms with Crippen molar-refractivity contribution in [3.8, 4) is 5.69 Å². The first-order valence-corrected chi connectivity index (χ1v) is 11.8. The molecule has 1 amide bonds. The van der Waals surface area contributed by atoms with E-state index >= 15 is 0 Å². The van der Waals surface area contributed by atoms with Crippen molar-refractivity contribution in [1.82, 2.24) is 20.1 Å². The minimum atomic E-state index is 0.111. The highest BCUT2D eigenvalue weighted by Crippen LogP contribution is 2.65. The van der Waals surface area contributed by atoms with Crippen molar-refractivity contribution >= 4 is 17.7 Å². The molecule has 2 aromatic rings. The van der Waals surface area contributed by atoms with E-state index in [-0.39, 0.29) is 11.3 Å². The van der Waals surface area contributed by atoms with E-state index in [0.29, 0.717) is 23.1 Å². The standard InChI is InChI=1S/C23H30N4OS/c1-22(2)16-11-12-23(22,3)18(13-16)24-19(28)14-29-21-26-25-20(15-9-10-15)27(21)17-7-5-4-6-8-17/h4-8,15-16,18H,9-14H2,1-3H3,(H,24,28). The van der Waals surface area contributed by atoms with Crippen LogP contribution in [0.1, 0.15) is 64.6 Å². The van der Waals surface area contributed by atoms with Crippen LogP contribution in [0.2, 0.25) is 0 Å². The largest absolute Gasteiger partial charge is 0.352 e. The minimum absolute atomic E-state index is 0.111. The van der Waals surface area contributed by atoms with E-state index in [1.54, 1.807) is 0 Å². The molecule has 3 atom stereocenters. The van der Waals surface area contributed by atoms with Crippen LogP contribution in [0.3, 0.4) is 0 Å². The molecule has 1 aromatic heterocycles. The Kier molecular flexibility index (Phi) is 4.53. The van der Waals surface area contributed by atoms with E-state index in [1.807, 2.05) is 18.2 Å². The van der Waals surface area contributed by atoms with Gasteiger partial charge in [0.2, 0.25) is 5.91 Å². The van der Waals surface area contributed by atoms with Gasteiger partial charge in [0.15, 0.2) is 5.16 Å². The molecule has 3 aliphatic rings. The average molecular weight is 411 g/mol. The second-order valence-electron chi connectivity index (χ2n) is 9.81. The molecule has 0 radical (unpaired) electrons. The first-order chi connectivity index (χ1) is 13.9. The van der Waals surface area contributed by atoms with E-state index in [2.05, 4.69) is 53.0 Å². The molecule has 5 nitrogen and oxygen atoms in total. The zero-order chi connectivity index (χ0) is 20.2. The first kappa shape index (κ1) is 19.2. The van der Waals surface area contributed by atoms with Gasteiger partial charge >= 0.3 is 0 Å². The van der Waals surface area contributed by atoms with Gasteiger partial charge in [-0.3, -0.25) is 9.36 Å². The quantitative estimate of drug-likeness (QED) is 0.709. The van der Waals surface area contributed by atoms with Gasteiger partial charge in [0.25, 0.3) is 0 Å². The van der Waals surface area contributed by atoms with Gasteiger partial charge in [0.1, 0.15) is 5.82 Å². The molecule has 3 saturated carbocycles. The third kappa shape index (κ3) is 3.11. The summed E-state index contributed by atoms with van der Waals surface area (Å²) in [5.41, 5.74) is 1.59. The van der Waals surface area contributed by atoms with Crippen molar-refractivity contribution in [1.29, 1.82) is 0 Å². The number of thioether (sulfide) groups is 1. The predicted molar refractivity (Wildman–Crippen MR) is 115 cm³/mol. The second kappa shape index (κ2) is 6.86. The highest BCUT2D eigenvalue weighted by Gasteiger charge is 2.61. The van der Waals surface area contributed by atoms with Crippen molar-refractivity contribution in [2.24, 2.45) is 16.7 Å². The summed E-state index contributed by atoms with van der Waals surface area (Å²) in [5, 5.41) is 13.1. The van der Waals surface area contributed by atoms with Crippen LogP contribution in [0.4, 0.5) is 0 Å². The number of nitrogens with zero attached hydrogens (tertiary/aromatic N) is 3. The van der Waals surface area contributed by atoms with E-state index in [0.717, 1.165) is 29.0 Å². The van der Waals surface area contributed by atoms with E-state index < -0.39 is 0 Å². The lowest BCUT2D eigenvalue weighted by Crippen LogP contribution is -2.47. The Bertz CT molecular complexity index is 920. The Morgan fingerprint density at radius 3 is 2.55 bits per heavy atom. The SMILES string of the molecule is CC1(C)C2CCC1(C)C(NC(=O)CSc1nnc(C3CC3)n1-c1ccccc1)C2. The number of amides is 1. The average Bonchev–Trinajstić information content (AvgIpc) is 3.39. The molecule has 5 rings (SSSR count). The molecular weight excluding hydrogens is 380 g/mol. The van der Waals surface area contributed by atoms with Gasteiger partial charge in [0, 0.05) is 17.6 Å². The predicted octanol–water partition coefficient (Wildman–Crippen LogP) is 4.57. The fourth-order valence-corrected chi connectivity index (χ4v) is 6.36. The maximum Gasteiger partial charge on any atom is 0.230 e. The number of para-hydroxylation sites is 1. The van der Waals surface area contributed by atoms with Crippen molar-refractivity contribution in [2.75, 3.05) is 5.75 Å². The number of rotatable bonds is 6. The molecule has 0 spiro atoms. The van der Waals surface area contributed by atoms with Gasteiger partial charge in [-0.25, -0.2) is 0 Å². The minimum Gasteiger partial charge on any atom is -0.352 e. The molecule has 3 unspecified atom stereocenters. The molecule has 154 valence electrons. The monoisotopic (exact) mass is 410 g/mol. The van der Waals surface area contributed by atoms with Crippen LogP contribution in [-0.2, 0) is 4.79 Å². The highest BCUT2D eigenvalue weighted by molar-refractivity contribution is 7.99. The van der Waals surface area contributed by atoms with E-state index in [1.165, 1.54) is 37.4 Å². The van der Waals surface area contributed by atoms with Crippen molar-refractivity contribution in [2.45, 2.75) is 70.0 Å². The molecule has 29 heavy (non-hydrogen) atoms. The smallest absolute Gasteiger partial charge is 0.230 e. The summed E-state index contributed by atoms with van der Waals surface area (Å²) in [6.45, 7) is 7.13. The second-order valence-corrected chi connectivity index (χ2v) is 10.7. The summed E-state index contributed by atoms with van der Waals surface area (Å²) in [4.78, 5) is 12.8. The van der Waals surface area contributed by atoms with Crippen LogP contribution in [0.25, 0.3) is 5.69 Å². The lowest BCUT2D eigenvalue weighted by molar-refractivity contribution is -0.120. The summed E-state index contributed by atoms with van der Waals surface area (Å²) >= 11 is 1.50. The maximum absolute atomic E-state index is 12.8. The number of nitrogens with one attached hydrogen (secondary N) is 1. The first-order valence-electron chi connectivity index (χ1n) is 10.8. The summed E-state index contributed by atoms with van der Waals surface area (Å²) < 4.78 is 2.14. The summed E-state index contributed by atoms with van der Waals surface area (Å²) in [6.07, 6.45) is 5.98. The lowest BCUT2D eigenvalue weighted by Gasteiger charge is -2.39. The summed E-state index contributed by atoms with van der Waals surface area (Å²) in [5.74, 6) is 2.75. The Balaban J connectivity index is 1.28. The van der Waals surface area contributed by atoms with Crippen LogP contribution in [0.15, 0.2) is 35.5 Å². The van der Waals surface area contributed by atoms with Gasteiger partial charge in [-0.2, -0.15) is 0 Å². The number of carbonyl (C=O) groups is 1. The zero-order valence-electron chi connectivity index (χ0n) is 17.5. The lowest BCUT2D eigenvalue weighted by atomic mass is 9.69. The number of benzene rings is 1. The Morgan fingerprint density at radius 2 is 1.93 bits per heavy atom. The highest BCUT2D eigenvalue weighted by atomic mass is 32.2. The molecule has 3 aliphatic carbocycles. The molecule has 0 saturated heterocycles. The zero-order valence-corrected chi connectivity index (χ0v) is 18.3. The molecule has 1 heterocycles. The summed E-state index contributed by atoms with van der Waals surface area (Å²) in [6, 6.07) is 10.5. The Hall–Kier alpha value is -1.82. The normalized spacial score (nSPS) is 29.9. The number of carbonyl (C=O) groups excluding carboxylic acids is 1. The number of aromatic nitrogens is 3. The van der Waals surface area contributed by atoms with E-state index in [4.69, 9.17) is 0 Å². The maximum atomic E-state index is 12.8. The van der Waals surface area contributed by atoms with Crippen molar-refractivity contribution in [3.05, 3.63) is 36.2 Å². The van der Waals surface area contributed by atoms with Gasteiger partial charge in [0.05, 0.1) is 5.75 Å². The van der Waals surface area contributed by atoms with Crippen molar-refractivity contribution < 1.29 is 4.79 Å². The molecule has 1 N–H and O–H groups in total. The molecular formula is C23H30N4OS. The van der Waals surface area contributed by atoms with E-state index in [9.17, 15) is 4.79 Å². The van der Waals surface area contributed by atoms with Crippen LogP contribution < -0.4 is 5.32 Å². The number of hydrogen-bond donors (Lipinski definition) is 1. The van der Waals surface area contributed by atoms with Gasteiger partial charge < -0.3 is 5.32 Å². The van der Waals surface area contributed by atoms with Gasteiger partial charge in [-0.1, -0.05) is 50.7 Å². The molecule has 0 aliphatic heterocycles. The Morgan fingerprint density at radius 1 is 1.17 bits per heavy atom. The number of hydrogen-bond acceptors (Lipinski definition) is 4. The molecule has 1 aromatic carbocycles. The van der Waals surface area contributed by atoms with Crippen LogP contribution in [-0.4, -0.2) is 32.5 Å². The summed E-state index contributed by atoms with van der Waals surface area (Å²) in [7, 11) is 0. The number of fused-ring (bicyclic) bond motifs is 2. The third-order valence-corrected chi connectivity index (χ3v) is 9.01. The fourth-order valence-electron chi connectivity index (χ4n) is 5.59.